The summed E-state index contributed by atoms with van der Waals surface area (Å²) < 4.78 is 5.21. The molecule has 6 heteroatoms. The predicted molar refractivity (Wildman–Crippen MR) is 110 cm³/mol. The molecule has 0 bridgehead atoms. The Morgan fingerprint density at radius 1 is 1.11 bits per heavy atom. The minimum Gasteiger partial charge on any atom is -0.497 e. The van der Waals surface area contributed by atoms with E-state index in [9.17, 15) is 4.79 Å². The summed E-state index contributed by atoms with van der Waals surface area (Å²) in [5.41, 5.74) is 2.13. The molecule has 1 aliphatic rings. The third-order valence-electron chi connectivity index (χ3n) is 4.93. The first-order valence-electron chi connectivity index (χ1n) is 9.22. The van der Waals surface area contributed by atoms with Crippen LogP contribution in [0.3, 0.4) is 0 Å². The van der Waals surface area contributed by atoms with Crippen molar-refractivity contribution in [3.8, 4) is 5.75 Å². The molecule has 0 aliphatic carbocycles. The van der Waals surface area contributed by atoms with E-state index in [1.54, 1.807) is 7.11 Å². The number of anilines is 1. The zero-order chi connectivity index (χ0) is 19.2. The molecule has 1 amide bonds. The monoisotopic (exact) mass is 387 g/mol. The smallest absolute Gasteiger partial charge is 0.234 e. The van der Waals surface area contributed by atoms with E-state index in [1.807, 2.05) is 43.3 Å². The van der Waals surface area contributed by atoms with Crippen molar-refractivity contribution in [1.82, 2.24) is 10.2 Å². The number of amides is 1. The molecule has 3 rings (SSSR count). The van der Waals surface area contributed by atoms with Crippen molar-refractivity contribution in [1.29, 1.82) is 0 Å². The minimum absolute atomic E-state index is 0.0281. The van der Waals surface area contributed by atoms with Crippen LogP contribution in [0.25, 0.3) is 0 Å². The molecule has 1 N–H and O–H groups in total. The number of methoxy groups -OCH3 is 1. The van der Waals surface area contributed by atoms with Gasteiger partial charge in [-0.3, -0.25) is 9.69 Å². The Hall–Kier alpha value is -2.24. The van der Waals surface area contributed by atoms with Crippen LogP contribution in [0.2, 0.25) is 5.02 Å². The molecule has 1 aliphatic heterocycles. The number of hydrogen-bond donors (Lipinski definition) is 1. The van der Waals surface area contributed by atoms with Crippen LogP contribution < -0.4 is 15.0 Å². The molecule has 1 heterocycles. The fraction of sp³-hybridized carbons (Fsp3) is 0.381. The van der Waals surface area contributed by atoms with Crippen molar-refractivity contribution in [2.45, 2.75) is 13.0 Å². The minimum atomic E-state index is -0.105. The highest BCUT2D eigenvalue weighted by molar-refractivity contribution is 6.31. The van der Waals surface area contributed by atoms with Crippen molar-refractivity contribution >= 4 is 23.2 Å². The third kappa shape index (κ3) is 5.15. The zero-order valence-electron chi connectivity index (χ0n) is 15.8. The van der Waals surface area contributed by atoms with E-state index >= 15 is 0 Å². The van der Waals surface area contributed by atoms with Crippen molar-refractivity contribution in [2.24, 2.45) is 0 Å². The normalized spacial score (nSPS) is 16.0. The molecule has 144 valence electrons. The summed E-state index contributed by atoms with van der Waals surface area (Å²) in [6.07, 6.45) is 0. The Morgan fingerprint density at radius 3 is 2.41 bits per heavy atom. The first-order valence-corrected chi connectivity index (χ1v) is 9.60. The molecular weight excluding hydrogens is 362 g/mol. The number of piperazine rings is 1. The van der Waals surface area contributed by atoms with E-state index < -0.39 is 0 Å². The van der Waals surface area contributed by atoms with Crippen molar-refractivity contribution in [2.75, 3.05) is 44.7 Å². The molecule has 2 aromatic rings. The summed E-state index contributed by atoms with van der Waals surface area (Å²) in [4.78, 5) is 16.9. The SMILES string of the molecule is COc1ccc(N2CCN(CC(=O)NC(C)c3ccccc3Cl)CC2)cc1. The predicted octanol–water partition coefficient (Wildman–Crippen LogP) is 3.35. The molecule has 0 saturated carbocycles. The summed E-state index contributed by atoms with van der Waals surface area (Å²) in [5, 5.41) is 3.73. The van der Waals surface area contributed by atoms with Gasteiger partial charge in [-0.05, 0) is 42.8 Å². The Kier molecular flexibility index (Phi) is 6.58. The van der Waals surface area contributed by atoms with Gasteiger partial charge in [0.05, 0.1) is 19.7 Å². The third-order valence-corrected chi connectivity index (χ3v) is 5.27. The fourth-order valence-corrected chi connectivity index (χ4v) is 3.65. The number of halogens is 1. The highest BCUT2D eigenvalue weighted by Crippen LogP contribution is 2.22. The Balaban J connectivity index is 1.47. The lowest BCUT2D eigenvalue weighted by Gasteiger charge is -2.36. The maximum atomic E-state index is 12.4. The molecule has 0 spiro atoms. The number of rotatable bonds is 6. The largest absolute Gasteiger partial charge is 0.497 e. The quantitative estimate of drug-likeness (QED) is 0.825. The van der Waals surface area contributed by atoms with Gasteiger partial charge in [-0.2, -0.15) is 0 Å². The Bertz CT molecular complexity index is 758. The summed E-state index contributed by atoms with van der Waals surface area (Å²) >= 11 is 6.21. The van der Waals surface area contributed by atoms with Gasteiger partial charge >= 0.3 is 0 Å². The topological polar surface area (TPSA) is 44.8 Å². The van der Waals surface area contributed by atoms with E-state index in [4.69, 9.17) is 16.3 Å². The second kappa shape index (κ2) is 9.11. The van der Waals surface area contributed by atoms with Crippen molar-refractivity contribution in [3.63, 3.8) is 0 Å². The lowest BCUT2D eigenvalue weighted by atomic mass is 10.1. The van der Waals surface area contributed by atoms with Crippen LogP contribution in [-0.2, 0) is 4.79 Å². The molecule has 2 aromatic carbocycles. The lowest BCUT2D eigenvalue weighted by Crippen LogP contribution is -2.49. The van der Waals surface area contributed by atoms with Gasteiger partial charge in [0.25, 0.3) is 0 Å². The first-order chi connectivity index (χ1) is 13.1. The number of ether oxygens (including phenoxy) is 1. The van der Waals surface area contributed by atoms with Crippen LogP contribution in [0.5, 0.6) is 5.75 Å². The summed E-state index contributed by atoms with van der Waals surface area (Å²) in [6.45, 7) is 5.89. The average molecular weight is 388 g/mol. The second-order valence-electron chi connectivity index (χ2n) is 6.77. The Labute approximate surface area is 165 Å². The first kappa shape index (κ1) is 19.5. The lowest BCUT2D eigenvalue weighted by molar-refractivity contribution is -0.123. The van der Waals surface area contributed by atoms with Gasteiger partial charge in [0.15, 0.2) is 0 Å². The number of benzene rings is 2. The number of nitrogens with zero attached hydrogens (tertiary/aromatic N) is 2. The maximum Gasteiger partial charge on any atom is 0.234 e. The van der Waals surface area contributed by atoms with Crippen LogP contribution in [0.4, 0.5) is 5.69 Å². The van der Waals surface area contributed by atoms with E-state index in [1.165, 1.54) is 5.69 Å². The molecule has 0 radical (unpaired) electrons. The number of hydrogen-bond acceptors (Lipinski definition) is 4. The molecule has 1 unspecified atom stereocenters. The van der Waals surface area contributed by atoms with Gasteiger partial charge in [-0.25, -0.2) is 0 Å². The van der Waals surface area contributed by atoms with Gasteiger partial charge in [-0.1, -0.05) is 29.8 Å². The maximum absolute atomic E-state index is 12.4. The summed E-state index contributed by atoms with van der Waals surface area (Å²) in [5.74, 6) is 0.891. The van der Waals surface area contributed by atoms with Crippen LogP contribution in [-0.4, -0.2) is 50.6 Å². The highest BCUT2D eigenvalue weighted by Gasteiger charge is 2.20. The number of nitrogens with one attached hydrogen (secondary N) is 1. The fourth-order valence-electron chi connectivity index (χ4n) is 3.35. The van der Waals surface area contributed by atoms with Crippen LogP contribution in [0, 0.1) is 0 Å². The van der Waals surface area contributed by atoms with E-state index in [2.05, 4.69) is 27.2 Å². The molecule has 0 aromatic heterocycles. The van der Waals surface area contributed by atoms with Crippen LogP contribution in [0.15, 0.2) is 48.5 Å². The number of carbonyl (C=O) groups excluding carboxylic acids is 1. The van der Waals surface area contributed by atoms with Crippen molar-refractivity contribution in [3.05, 3.63) is 59.1 Å². The van der Waals surface area contributed by atoms with Gasteiger partial charge in [0, 0.05) is 36.9 Å². The average Bonchev–Trinajstić information content (AvgIpc) is 2.69. The van der Waals surface area contributed by atoms with Gasteiger partial charge < -0.3 is 15.0 Å². The van der Waals surface area contributed by atoms with E-state index in [0.29, 0.717) is 11.6 Å². The highest BCUT2D eigenvalue weighted by atomic mass is 35.5. The molecule has 1 atom stereocenters. The zero-order valence-corrected chi connectivity index (χ0v) is 16.6. The molecule has 1 fully saturated rings. The summed E-state index contributed by atoms with van der Waals surface area (Å²) in [7, 11) is 1.67. The van der Waals surface area contributed by atoms with E-state index in [0.717, 1.165) is 37.5 Å². The van der Waals surface area contributed by atoms with Crippen LogP contribution in [0.1, 0.15) is 18.5 Å². The Morgan fingerprint density at radius 2 is 1.78 bits per heavy atom. The molecule has 5 nitrogen and oxygen atoms in total. The van der Waals surface area contributed by atoms with Crippen LogP contribution >= 0.6 is 11.6 Å². The summed E-state index contributed by atoms with van der Waals surface area (Å²) in [6, 6.07) is 15.6. The standard InChI is InChI=1S/C21H26ClN3O2/c1-16(19-5-3-4-6-20(19)22)23-21(26)15-24-11-13-25(14-12-24)17-7-9-18(27-2)10-8-17/h3-10,16H,11-15H2,1-2H3,(H,23,26). The molecule has 1 saturated heterocycles. The second-order valence-corrected chi connectivity index (χ2v) is 7.18. The number of carbonyl (C=O) groups is 1. The molecular formula is C21H26ClN3O2. The van der Waals surface area contributed by atoms with Gasteiger partial charge in [-0.15, -0.1) is 0 Å². The van der Waals surface area contributed by atoms with E-state index in [-0.39, 0.29) is 11.9 Å². The van der Waals surface area contributed by atoms with Gasteiger partial charge in [0.1, 0.15) is 5.75 Å². The van der Waals surface area contributed by atoms with Crippen molar-refractivity contribution < 1.29 is 9.53 Å². The van der Waals surface area contributed by atoms with Gasteiger partial charge in [0.2, 0.25) is 5.91 Å². The molecule has 27 heavy (non-hydrogen) atoms.